The average Bonchev–Trinajstić information content (AvgIpc) is 2.58. The van der Waals surface area contributed by atoms with Crippen molar-refractivity contribution in [3.05, 3.63) is 0 Å². The van der Waals surface area contributed by atoms with Crippen LogP contribution in [0.1, 0.15) is 12.8 Å². The Kier molecular flexibility index (Phi) is 1.67. The number of hydrogen-bond donors (Lipinski definition) is 2. The lowest BCUT2D eigenvalue weighted by molar-refractivity contribution is 0.205. The highest BCUT2D eigenvalue weighted by molar-refractivity contribution is 5.85. The summed E-state index contributed by atoms with van der Waals surface area (Å²) in [4.78, 5) is 0. The monoisotopic (exact) mass is 175 g/mol. The molecular weight excluding hydrogens is 162 g/mol. The highest BCUT2D eigenvalue weighted by atomic mass is 35.5. The molecule has 5 atom stereocenters. The number of piperidine rings is 1. The van der Waals surface area contributed by atoms with E-state index in [2.05, 4.69) is 5.32 Å². The molecule has 1 saturated heterocycles. The third-order valence-corrected chi connectivity index (χ3v) is 3.63. The lowest BCUT2D eigenvalue weighted by Gasteiger charge is -2.19. The van der Waals surface area contributed by atoms with Gasteiger partial charge in [0.2, 0.25) is 0 Å². The van der Waals surface area contributed by atoms with Crippen LogP contribution in [0, 0.1) is 17.8 Å². The number of fused-ring (bicyclic) bond motifs is 5. The predicted octanol–water partition coefficient (Wildman–Crippen LogP) is 0.397. The molecule has 0 aromatic carbocycles. The van der Waals surface area contributed by atoms with Crippen LogP contribution in [0.3, 0.4) is 0 Å². The molecule has 0 amide bonds. The summed E-state index contributed by atoms with van der Waals surface area (Å²) in [6.07, 6.45) is 2.79. The first-order valence-corrected chi connectivity index (χ1v) is 4.27. The van der Waals surface area contributed by atoms with E-state index < -0.39 is 0 Å². The van der Waals surface area contributed by atoms with Crippen LogP contribution in [0.15, 0.2) is 0 Å². The van der Waals surface area contributed by atoms with Crippen LogP contribution in [-0.4, -0.2) is 23.8 Å². The van der Waals surface area contributed by atoms with Crippen molar-refractivity contribution >= 4 is 12.4 Å². The largest absolute Gasteiger partial charge is 0.395 e. The standard InChI is InChI=1S/C8H13NO.ClH/c10-3-8-6-2-7(9-8)5-1-4(5)6;/h4-10H,1-3H2;1H. The van der Waals surface area contributed by atoms with E-state index in [1.807, 2.05) is 0 Å². The van der Waals surface area contributed by atoms with Crippen LogP contribution in [0.5, 0.6) is 0 Å². The minimum Gasteiger partial charge on any atom is -0.395 e. The molecule has 1 heterocycles. The first-order valence-electron chi connectivity index (χ1n) is 4.27. The van der Waals surface area contributed by atoms with Crippen molar-refractivity contribution in [3.63, 3.8) is 0 Å². The summed E-state index contributed by atoms with van der Waals surface area (Å²) in [6, 6.07) is 1.24. The Morgan fingerprint density at radius 3 is 2.55 bits per heavy atom. The quantitative estimate of drug-likeness (QED) is 0.605. The molecule has 3 fully saturated rings. The molecule has 2 saturated carbocycles. The Morgan fingerprint density at radius 1 is 1.18 bits per heavy atom. The molecule has 2 aliphatic carbocycles. The Bertz CT molecular complexity index is 175. The van der Waals surface area contributed by atoms with E-state index >= 15 is 0 Å². The SMILES string of the molecule is Cl.OCC1NC2CC1C1CC21. The van der Waals surface area contributed by atoms with E-state index in [1.165, 1.54) is 12.8 Å². The van der Waals surface area contributed by atoms with E-state index in [0.29, 0.717) is 12.6 Å². The average molecular weight is 176 g/mol. The maximum atomic E-state index is 8.96. The molecule has 3 aliphatic rings. The van der Waals surface area contributed by atoms with Crippen molar-refractivity contribution < 1.29 is 5.11 Å². The fraction of sp³-hybridized carbons (Fsp3) is 1.00. The first-order chi connectivity index (χ1) is 4.90. The molecule has 64 valence electrons. The van der Waals surface area contributed by atoms with Gasteiger partial charge in [-0.05, 0) is 30.6 Å². The number of aliphatic hydroxyl groups is 1. The number of nitrogens with one attached hydrogen (secondary N) is 1. The van der Waals surface area contributed by atoms with Crippen LogP contribution in [0.25, 0.3) is 0 Å². The third-order valence-electron chi connectivity index (χ3n) is 3.63. The fourth-order valence-corrected chi connectivity index (χ4v) is 3.07. The van der Waals surface area contributed by atoms with E-state index in [9.17, 15) is 0 Å². The molecule has 5 unspecified atom stereocenters. The smallest absolute Gasteiger partial charge is 0.0587 e. The van der Waals surface area contributed by atoms with Gasteiger partial charge in [0.15, 0.2) is 0 Å². The molecule has 2 bridgehead atoms. The second-order valence-corrected chi connectivity index (χ2v) is 4.03. The Balaban J connectivity index is 0.000000480. The van der Waals surface area contributed by atoms with Gasteiger partial charge in [-0.2, -0.15) is 0 Å². The predicted molar refractivity (Wildman–Crippen MR) is 44.7 cm³/mol. The summed E-state index contributed by atoms with van der Waals surface area (Å²) in [7, 11) is 0. The summed E-state index contributed by atoms with van der Waals surface area (Å²) in [5, 5.41) is 12.4. The molecular formula is C8H14ClNO. The van der Waals surface area contributed by atoms with Gasteiger partial charge in [0.1, 0.15) is 0 Å². The molecule has 2 N–H and O–H groups in total. The molecule has 2 nitrogen and oxygen atoms in total. The van der Waals surface area contributed by atoms with Crippen molar-refractivity contribution in [2.75, 3.05) is 6.61 Å². The van der Waals surface area contributed by atoms with Crippen LogP contribution < -0.4 is 5.32 Å². The second-order valence-electron chi connectivity index (χ2n) is 4.03. The van der Waals surface area contributed by atoms with E-state index in [0.717, 1.165) is 23.8 Å². The Labute approximate surface area is 72.8 Å². The van der Waals surface area contributed by atoms with Crippen LogP contribution in [-0.2, 0) is 0 Å². The lowest BCUT2D eigenvalue weighted by Crippen LogP contribution is -2.39. The van der Waals surface area contributed by atoms with Crippen molar-refractivity contribution in [2.24, 2.45) is 17.8 Å². The maximum Gasteiger partial charge on any atom is 0.0587 e. The van der Waals surface area contributed by atoms with Gasteiger partial charge in [0, 0.05) is 12.1 Å². The van der Waals surface area contributed by atoms with Gasteiger partial charge in [0.05, 0.1) is 6.61 Å². The summed E-state index contributed by atoms with van der Waals surface area (Å²) < 4.78 is 0. The van der Waals surface area contributed by atoms with Crippen molar-refractivity contribution in [1.82, 2.24) is 5.32 Å². The topological polar surface area (TPSA) is 32.3 Å². The molecule has 0 spiro atoms. The van der Waals surface area contributed by atoms with Gasteiger partial charge < -0.3 is 10.4 Å². The molecule has 1 aliphatic heterocycles. The number of aliphatic hydroxyl groups excluding tert-OH is 1. The van der Waals surface area contributed by atoms with Gasteiger partial charge in [-0.15, -0.1) is 12.4 Å². The lowest BCUT2D eigenvalue weighted by atomic mass is 9.98. The van der Waals surface area contributed by atoms with Crippen LogP contribution >= 0.6 is 12.4 Å². The normalized spacial score (nSPS) is 57.0. The Hall–Kier alpha value is 0.210. The highest BCUT2D eigenvalue weighted by Crippen LogP contribution is 2.59. The number of hydrogen-bond acceptors (Lipinski definition) is 2. The van der Waals surface area contributed by atoms with Crippen molar-refractivity contribution in [3.8, 4) is 0 Å². The molecule has 3 rings (SSSR count). The maximum absolute atomic E-state index is 8.96. The molecule has 0 aromatic heterocycles. The van der Waals surface area contributed by atoms with Gasteiger partial charge in [-0.3, -0.25) is 0 Å². The summed E-state index contributed by atoms with van der Waals surface area (Å²) >= 11 is 0. The van der Waals surface area contributed by atoms with Gasteiger partial charge in [-0.1, -0.05) is 0 Å². The number of rotatable bonds is 1. The Morgan fingerprint density at radius 2 is 2.00 bits per heavy atom. The number of halogens is 1. The first kappa shape index (κ1) is 7.84. The summed E-state index contributed by atoms with van der Waals surface area (Å²) in [6.45, 7) is 0.352. The van der Waals surface area contributed by atoms with E-state index in [1.54, 1.807) is 0 Å². The van der Waals surface area contributed by atoms with Crippen LogP contribution in [0.2, 0.25) is 0 Å². The van der Waals surface area contributed by atoms with Gasteiger partial charge >= 0.3 is 0 Å². The van der Waals surface area contributed by atoms with Crippen molar-refractivity contribution in [2.45, 2.75) is 24.9 Å². The van der Waals surface area contributed by atoms with Crippen LogP contribution in [0.4, 0.5) is 0 Å². The zero-order chi connectivity index (χ0) is 6.72. The van der Waals surface area contributed by atoms with Gasteiger partial charge in [-0.25, -0.2) is 0 Å². The third kappa shape index (κ3) is 0.865. The highest BCUT2D eigenvalue weighted by Gasteiger charge is 2.60. The minimum atomic E-state index is 0. The van der Waals surface area contributed by atoms with Crippen molar-refractivity contribution in [1.29, 1.82) is 0 Å². The fourth-order valence-electron chi connectivity index (χ4n) is 3.07. The second kappa shape index (κ2) is 2.35. The summed E-state index contributed by atoms with van der Waals surface area (Å²) in [5.41, 5.74) is 0. The van der Waals surface area contributed by atoms with E-state index in [4.69, 9.17) is 5.11 Å². The zero-order valence-corrected chi connectivity index (χ0v) is 7.18. The molecule has 11 heavy (non-hydrogen) atoms. The summed E-state index contributed by atoms with van der Waals surface area (Å²) in [5.74, 6) is 2.84. The molecule has 3 heteroatoms. The molecule has 0 aromatic rings. The molecule has 0 radical (unpaired) electrons. The zero-order valence-electron chi connectivity index (χ0n) is 6.36. The van der Waals surface area contributed by atoms with Gasteiger partial charge in [0.25, 0.3) is 0 Å². The minimum absolute atomic E-state index is 0. The van der Waals surface area contributed by atoms with E-state index in [-0.39, 0.29) is 12.4 Å².